The molecule has 0 bridgehead atoms. The zero-order valence-corrected chi connectivity index (χ0v) is 16.9. The molecule has 1 N–H and O–H groups in total. The van der Waals surface area contributed by atoms with Crippen molar-refractivity contribution in [2.24, 2.45) is 0 Å². The molecule has 0 unspecified atom stereocenters. The zero-order chi connectivity index (χ0) is 21.8. The second-order valence-electron chi connectivity index (χ2n) is 7.62. The Morgan fingerprint density at radius 1 is 1.13 bits per heavy atom. The maximum Gasteiger partial charge on any atom is 0.280 e. The third kappa shape index (κ3) is 4.53. The van der Waals surface area contributed by atoms with Crippen LogP contribution in [-0.2, 0) is 4.79 Å². The third-order valence-corrected chi connectivity index (χ3v) is 5.50. The third-order valence-electron chi connectivity index (χ3n) is 5.50. The number of para-hydroxylation sites is 1. The van der Waals surface area contributed by atoms with Crippen molar-refractivity contribution in [2.75, 3.05) is 5.43 Å². The molecule has 1 aliphatic rings. The molecule has 0 atom stereocenters. The lowest BCUT2D eigenvalue weighted by Crippen LogP contribution is -2.37. The van der Waals surface area contributed by atoms with Gasteiger partial charge in [0.25, 0.3) is 17.2 Å². The minimum atomic E-state index is -0.511. The molecule has 1 fully saturated rings. The summed E-state index contributed by atoms with van der Waals surface area (Å²) in [5.41, 5.74) is 3.41. The summed E-state index contributed by atoms with van der Waals surface area (Å²) in [4.78, 5) is 40.9. The van der Waals surface area contributed by atoms with Crippen molar-refractivity contribution >= 4 is 28.6 Å². The molecule has 0 saturated heterocycles. The molecule has 1 saturated carbocycles. The average molecular weight is 418 g/mol. The van der Waals surface area contributed by atoms with E-state index < -0.39 is 10.8 Å². The van der Waals surface area contributed by atoms with E-state index in [-0.39, 0.29) is 17.2 Å². The van der Waals surface area contributed by atoms with E-state index in [1.165, 1.54) is 29.0 Å². The minimum Gasteiger partial charge on any atom is -0.268 e. The van der Waals surface area contributed by atoms with Crippen LogP contribution in [0.3, 0.4) is 0 Å². The van der Waals surface area contributed by atoms with Gasteiger partial charge in [0.2, 0.25) is 0 Å². The molecule has 8 heteroatoms. The van der Waals surface area contributed by atoms with Gasteiger partial charge in [-0.15, -0.1) is 0 Å². The van der Waals surface area contributed by atoms with Crippen molar-refractivity contribution in [3.05, 3.63) is 86.5 Å². The predicted molar refractivity (Wildman–Crippen MR) is 118 cm³/mol. The van der Waals surface area contributed by atoms with Crippen LogP contribution in [0.1, 0.15) is 49.4 Å². The number of nitro benzene ring substituents is 1. The van der Waals surface area contributed by atoms with E-state index in [1.54, 1.807) is 30.3 Å². The van der Waals surface area contributed by atoms with Crippen LogP contribution in [0.2, 0.25) is 0 Å². The van der Waals surface area contributed by atoms with Crippen molar-refractivity contribution in [3.63, 3.8) is 0 Å². The Bertz CT molecular complexity index is 1230. The van der Waals surface area contributed by atoms with Crippen molar-refractivity contribution in [1.82, 2.24) is 9.66 Å². The van der Waals surface area contributed by atoms with Crippen LogP contribution in [0, 0.1) is 10.1 Å². The van der Waals surface area contributed by atoms with Crippen molar-refractivity contribution in [1.29, 1.82) is 0 Å². The number of fused-ring (bicyclic) bond motifs is 1. The number of amides is 1. The topological polar surface area (TPSA) is 107 Å². The molecule has 4 rings (SSSR count). The number of nitro groups is 1. The maximum atomic E-state index is 13.1. The summed E-state index contributed by atoms with van der Waals surface area (Å²) in [7, 11) is 0. The average Bonchev–Trinajstić information content (AvgIpc) is 2.80. The van der Waals surface area contributed by atoms with Crippen LogP contribution < -0.4 is 11.0 Å². The summed E-state index contributed by atoms with van der Waals surface area (Å²) >= 11 is 0. The first-order valence-corrected chi connectivity index (χ1v) is 10.3. The van der Waals surface area contributed by atoms with Gasteiger partial charge in [-0.05, 0) is 36.6 Å². The molecular formula is C23H22N4O4. The Morgan fingerprint density at radius 3 is 2.68 bits per heavy atom. The van der Waals surface area contributed by atoms with E-state index in [2.05, 4.69) is 5.43 Å². The highest BCUT2D eigenvalue weighted by molar-refractivity contribution is 5.97. The largest absolute Gasteiger partial charge is 0.280 e. The van der Waals surface area contributed by atoms with Gasteiger partial charge in [0.1, 0.15) is 5.82 Å². The van der Waals surface area contributed by atoms with Gasteiger partial charge in [0.05, 0.1) is 15.8 Å². The van der Waals surface area contributed by atoms with Crippen molar-refractivity contribution in [2.45, 2.75) is 38.0 Å². The highest BCUT2D eigenvalue weighted by atomic mass is 16.6. The number of rotatable bonds is 5. The van der Waals surface area contributed by atoms with Crippen LogP contribution >= 0.6 is 0 Å². The summed E-state index contributed by atoms with van der Waals surface area (Å²) in [6.07, 6.45) is 7.86. The van der Waals surface area contributed by atoms with Crippen LogP contribution in [-0.4, -0.2) is 20.5 Å². The highest BCUT2D eigenvalue weighted by Gasteiger charge is 2.23. The number of nitrogens with zero attached hydrogens (tertiary/aromatic N) is 3. The monoisotopic (exact) mass is 418 g/mol. The molecule has 0 aliphatic heterocycles. The van der Waals surface area contributed by atoms with Crippen molar-refractivity contribution in [3.8, 4) is 0 Å². The van der Waals surface area contributed by atoms with Gasteiger partial charge in [-0.25, -0.2) is 9.66 Å². The van der Waals surface area contributed by atoms with Gasteiger partial charge in [0.15, 0.2) is 0 Å². The summed E-state index contributed by atoms with van der Waals surface area (Å²) in [6.45, 7) is 0. The summed E-state index contributed by atoms with van der Waals surface area (Å²) in [5.74, 6) is 0.162. The Labute approximate surface area is 178 Å². The SMILES string of the molecule is O=C(C=Cc1cccc([N+](=O)[O-])c1)Nn1c(C2CCCCC2)nc2ccccc2c1=O. The van der Waals surface area contributed by atoms with E-state index in [0.29, 0.717) is 22.3 Å². The van der Waals surface area contributed by atoms with E-state index in [9.17, 15) is 19.7 Å². The molecule has 1 aromatic heterocycles. The lowest BCUT2D eigenvalue weighted by Gasteiger charge is -2.24. The summed E-state index contributed by atoms with van der Waals surface area (Å²) in [5, 5.41) is 11.4. The molecule has 3 aromatic rings. The van der Waals surface area contributed by atoms with Gasteiger partial charge in [0, 0.05) is 24.1 Å². The highest BCUT2D eigenvalue weighted by Crippen LogP contribution is 2.31. The second kappa shape index (κ2) is 8.91. The predicted octanol–water partition coefficient (Wildman–Crippen LogP) is 4.14. The Balaban J connectivity index is 1.65. The maximum absolute atomic E-state index is 13.1. The van der Waals surface area contributed by atoms with Gasteiger partial charge >= 0.3 is 0 Å². The minimum absolute atomic E-state index is 0.0582. The van der Waals surface area contributed by atoms with Crippen LogP contribution in [0.25, 0.3) is 17.0 Å². The first-order chi connectivity index (χ1) is 15.0. The van der Waals surface area contributed by atoms with Crippen molar-refractivity contribution < 1.29 is 9.72 Å². The first-order valence-electron chi connectivity index (χ1n) is 10.3. The number of nitrogens with one attached hydrogen (secondary N) is 1. The fourth-order valence-electron chi connectivity index (χ4n) is 3.95. The molecule has 1 aliphatic carbocycles. The first kappa shape index (κ1) is 20.5. The molecule has 1 heterocycles. The number of carbonyl (C=O) groups is 1. The Kier molecular flexibility index (Phi) is 5.88. The molecule has 2 aromatic carbocycles. The quantitative estimate of drug-likeness (QED) is 0.381. The number of benzene rings is 2. The molecule has 31 heavy (non-hydrogen) atoms. The number of carbonyl (C=O) groups excluding carboxylic acids is 1. The molecule has 158 valence electrons. The number of hydrogen-bond acceptors (Lipinski definition) is 5. The summed E-state index contributed by atoms with van der Waals surface area (Å²) in [6, 6.07) is 13.1. The lowest BCUT2D eigenvalue weighted by atomic mass is 9.88. The fraction of sp³-hybridized carbons (Fsp3) is 0.261. The normalized spacial score (nSPS) is 14.7. The molecule has 8 nitrogen and oxygen atoms in total. The number of non-ortho nitro benzene ring substituents is 1. The molecule has 1 amide bonds. The Hall–Kier alpha value is -3.81. The van der Waals surface area contributed by atoms with Crippen LogP contribution in [0.5, 0.6) is 0 Å². The summed E-state index contributed by atoms with van der Waals surface area (Å²) < 4.78 is 1.26. The molecular weight excluding hydrogens is 396 g/mol. The second-order valence-corrected chi connectivity index (χ2v) is 7.62. The zero-order valence-electron chi connectivity index (χ0n) is 16.9. The van der Waals surface area contributed by atoms with Crippen LogP contribution in [0.15, 0.2) is 59.4 Å². The van der Waals surface area contributed by atoms with Gasteiger partial charge in [-0.1, -0.05) is 43.5 Å². The van der Waals surface area contributed by atoms with Gasteiger partial charge in [-0.2, -0.15) is 0 Å². The van der Waals surface area contributed by atoms with E-state index in [0.717, 1.165) is 32.1 Å². The smallest absolute Gasteiger partial charge is 0.268 e. The lowest BCUT2D eigenvalue weighted by molar-refractivity contribution is -0.384. The standard InChI is InChI=1S/C23H22N4O4/c28-21(14-13-16-7-6-10-18(15-16)27(30)31)25-26-22(17-8-2-1-3-9-17)24-20-12-5-4-11-19(20)23(26)29/h4-7,10-15,17H,1-3,8-9H2,(H,25,28). The molecule has 0 spiro atoms. The van der Waals surface area contributed by atoms with E-state index >= 15 is 0 Å². The molecule has 0 radical (unpaired) electrons. The van der Waals surface area contributed by atoms with E-state index in [1.807, 2.05) is 6.07 Å². The Morgan fingerprint density at radius 2 is 1.90 bits per heavy atom. The number of aromatic nitrogens is 2. The van der Waals surface area contributed by atoms with E-state index in [4.69, 9.17) is 4.98 Å². The van der Waals surface area contributed by atoms with Gasteiger partial charge < -0.3 is 0 Å². The fourth-order valence-corrected chi connectivity index (χ4v) is 3.95. The number of hydrogen-bond donors (Lipinski definition) is 1. The van der Waals surface area contributed by atoms with Crippen LogP contribution in [0.4, 0.5) is 5.69 Å². The van der Waals surface area contributed by atoms with Gasteiger partial charge in [-0.3, -0.25) is 25.1 Å².